The van der Waals surface area contributed by atoms with Crippen molar-refractivity contribution in [2.45, 2.75) is 25.2 Å². The van der Waals surface area contributed by atoms with Crippen LogP contribution < -0.4 is 11.1 Å². The molecule has 0 bridgehead atoms. The van der Waals surface area contributed by atoms with Crippen molar-refractivity contribution in [3.05, 3.63) is 70.8 Å². The molecule has 5 heteroatoms. The second-order valence-corrected chi connectivity index (χ2v) is 6.84. The van der Waals surface area contributed by atoms with Crippen LogP contribution in [0.25, 0.3) is 0 Å². The van der Waals surface area contributed by atoms with E-state index in [9.17, 15) is 9.59 Å². The van der Waals surface area contributed by atoms with Crippen LogP contribution in [-0.4, -0.2) is 31.6 Å². The second-order valence-electron chi connectivity index (χ2n) is 6.84. The molecular formula is C21H24N2O3. The highest BCUT2D eigenvalue weighted by Gasteiger charge is 2.35. The van der Waals surface area contributed by atoms with Gasteiger partial charge in [-0.05, 0) is 49.1 Å². The Kier molecular flexibility index (Phi) is 5.38. The van der Waals surface area contributed by atoms with Crippen LogP contribution in [0.15, 0.2) is 48.5 Å². The zero-order valence-electron chi connectivity index (χ0n) is 15.0. The molecule has 2 aromatic carbocycles. The fourth-order valence-electron chi connectivity index (χ4n) is 3.64. The van der Waals surface area contributed by atoms with Gasteiger partial charge in [0.05, 0.1) is 0 Å². The third kappa shape index (κ3) is 3.78. The molecule has 3 N–H and O–H groups in total. The van der Waals surface area contributed by atoms with Crippen LogP contribution in [0.4, 0.5) is 0 Å². The van der Waals surface area contributed by atoms with E-state index in [0.29, 0.717) is 30.9 Å². The van der Waals surface area contributed by atoms with E-state index in [1.807, 2.05) is 12.1 Å². The van der Waals surface area contributed by atoms with Gasteiger partial charge in [-0.1, -0.05) is 30.3 Å². The molecule has 2 amide bonds. The lowest BCUT2D eigenvalue weighted by atomic mass is 9.72. The molecule has 3 rings (SSSR count). The lowest BCUT2D eigenvalue weighted by molar-refractivity contribution is 0.0485. The molecule has 26 heavy (non-hydrogen) atoms. The fourth-order valence-corrected chi connectivity index (χ4v) is 3.64. The normalized spacial score (nSPS) is 16.0. The van der Waals surface area contributed by atoms with E-state index in [2.05, 4.69) is 24.4 Å². The van der Waals surface area contributed by atoms with E-state index in [4.69, 9.17) is 10.5 Å². The minimum atomic E-state index is -0.541. The summed E-state index contributed by atoms with van der Waals surface area (Å²) in [7, 11) is 0. The Labute approximate surface area is 153 Å². The maximum Gasteiger partial charge on any atom is 0.251 e. The Hall–Kier alpha value is -2.66. The number of nitrogens with one attached hydrogen (secondary N) is 1. The highest BCUT2D eigenvalue weighted by molar-refractivity contribution is 5.99. The first-order valence-corrected chi connectivity index (χ1v) is 8.84. The van der Waals surface area contributed by atoms with Crippen molar-refractivity contribution in [2.75, 3.05) is 19.8 Å². The quantitative estimate of drug-likeness (QED) is 0.868. The van der Waals surface area contributed by atoms with E-state index in [0.717, 1.165) is 12.8 Å². The molecule has 0 saturated carbocycles. The maximum atomic E-state index is 12.6. The zero-order valence-corrected chi connectivity index (χ0v) is 15.0. The highest BCUT2D eigenvalue weighted by Crippen LogP contribution is 2.36. The predicted octanol–water partition coefficient (Wildman–Crippen LogP) is 2.57. The van der Waals surface area contributed by atoms with Crippen molar-refractivity contribution < 1.29 is 14.3 Å². The van der Waals surface area contributed by atoms with Crippen molar-refractivity contribution in [1.29, 1.82) is 0 Å². The molecule has 1 fully saturated rings. The number of amides is 2. The van der Waals surface area contributed by atoms with Crippen LogP contribution in [0.2, 0.25) is 0 Å². The molecule has 0 aromatic heterocycles. The Morgan fingerprint density at radius 3 is 2.46 bits per heavy atom. The number of ether oxygens (including phenoxy) is 1. The number of carbonyl (C=O) groups excluding carboxylic acids is 2. The Morgan fingerprint density at radius 1 is 1.08 bits per heavy atom. The lowest BCUT2D eigenvalue weighted by Crippen LogP contribution is -2.45. The van der Waals surface area contributed by atoms with Gasteiger partial charge >= 0.3 is 0 Å². The third-order valence-corrected chi connectivity index (χ3v) is 5.16. The number of hydrogen-bond donors (Lipinski definition) is 2. The van der Waals surface area contributed by atoms with Gasteiger partial charge in [-0.3, -0.25) is 9.59 Å². The maximum absolute atomic E-state index is 12.6. The molecule has 0 spiro atoms. The largest absolute Gasteiger partial charge is 0.381 e. The number of benzene rings is 2. The van der Waals surface area contributed by atoms with Crippen molar-refractivity contribution in [3.63, 3.8) is 0 Å². The average molecular weight is 352 g/mol. The summed E-state index contributed by atoms with van der Waals surface area (Å²) in [5.41, 5.74) is 8.41. The van der Waals surface area contributed by atoms with E-state index < -0.39 is 5.91 Å². The van der Waals surface area contributed by atoms with Gasteiger partial charge in [0, 0.05) is 36.3 Å². The lowest BCUT2D eigenvalue weighted by Gasteiger charge is -2.39. The molecule has 1 aliphatic heterocycles. The smallest absolute Gasteiger partial charge is 0.251 e. The summed E-state index contributed by atoms with van der Waals surface area (Å²) < 4.78 is 5.56. The molecule has 1 heterocycles. The summed E-state index contributed by atoms with van der Waals surface area (Å²) in [6, 6.07) is 14.8. The molecule has 0 atom stereocenters. The molecule has 136 valence electrons. The predicted molar refractivity (Wildman–Crippen MR) is 100 cm³/mol. The monoisotopic (exact) mass is 352 g/mol. The summed E-state index contributed by atoms with van der Waals surface area (Å²) in [5, 5.41) is 3.05. The zero-order chi connectivity index (χ0) is 18.6. The van der Waals surface area contributed by atoms with Gasteiger partial charge in [0.15, 0.2) is 0 Å². The van der Waals surface area contributed by atoms with Gasteiger partial charge in [-0.25, -0.2) is 0 Å². The number of aryl methyl sites for hydroxylation is 1. The summed E-state index contributed by atoms with van der Waals surface area (Å²) in [6.45, 7) is 3.99. The topological polar surface area (TPSA) is 81.4 Å². The van der Waals surface area contributed by atoms with E-state index in [1.54, 1.807) is 18.2 Å². The van der Waals surface area contributed by atoms with Crippen LogP contribution in [0.5, 0.6) is 0 Å². The van der Waals surface area contributed by atoms with Crippen molar-refractivity contribution >= 4 is 11.8 Å². The molecule has 0 aliphatic carbocycles. The molecule has 1 aliphatic rings. The fraction of sp³-hybridized carbons (Fsp3) is 0.333. The van der Waals surface area contributed by atoms with Crippen LogP contribution in [0.3, 0.4) is 0 Å². The first-order chi connectivity index (χ1) is 12.5. The van der Waals surface area contributed by atoms with E-state index in [-0.39, 0.29) is 11.3 Å². The minimum Gasteiger partial charge on any atom is -0.381 e. The second kappa shape index (κ2) is 7.70. The van der Waals surface area contributed by atoms with Gasteiger partial charge in [0.1, 0.15) is 0 Å². The summed E-state index contributed by atoms with van der Waals surface area (Å²) in [6.07, 6.45) is 1.72. The first kappa shape index (κ1) is 18.1. The van der Waals surface area contributed by atoms with Gasteiger partial charge in [-0.15, -0.1) is 0 Å². The van der Waals surface area contributed by atoms with Crippen molar-refractivity contribution in [3.8, 4) is 0 Å². The number of hydrogen-bond acceptors (Lipinski definition) is 3. The Bertz CT molecular complexity index is 810. The molecule has 0 radical (unpaired) electrons. The highest BCUT2D eigenvalue weighted by atomic mass is 16.5. The van der Waals surface area contributed by atoms with E-state index >= 15 is 0 Å². The average Bonchev–Trinajstić information content (AvgIpc) is 2.67. The first-order valence-electron chi connectivity index (χ1n) is 8.84. The van der Waals surface area contributed by atoms with Crippen molar-refractivity contribution in [1.82, 2.24) is 5.32 Å². The Morgan fingerprint density at radius 2 is 1.77 bits per heavy atom. The van der Waals surface area contributed by atoms with Gasteiger partial charge in [-0.2, -0.15) is 0 Å². The molecular weight excluding hydrogens is 328 g/mol. The molecule has 2 aromatic rings. The molecule has 0 unspecified atom stereocenters. The summed E-state index contributed by atoms with van der Waals surface area (Å²) >= 11 is 0. The van der Waals surface area contributed by atoms with Gasteiger partial charge in [0.25, 0.3) is 5.91 Å². The van der Waals surface area contributed by atoms with Crippen LogP contribution in [-0.2, 0) is 10.2 Å². The number of primary amides is 1. The number of carbonyl (C=O) groups is 2. The van der Waals surface area contributed by atoms with Crippen molar-refractivity contribution in [2.24, 2.45) is 5.73 Å². The third-order valence-electron chi connectivity index (χ3n) is 5.16. The van der Waals surface area contributed by atoms with Gasteiger partial charge in [0.2, 0.25) is 5.91 Å². The number of rotatable bonds is 5. The molecule has 5 nitrogen and oxygen atoms in total. The molecule has 1 saturated heterocycles. The van der Waals surface area contributed by atoms with Gasteiger partial charge < -0.3 is 15.8 Å². The summed E-state index contributed by atoms with van der Waals surface area (Å²) in [4.78, 5) is 24.0. The van der Waals surface area contributed by atoms with Crippen LogP contribution in [0.1, 0.15) is 44.7 Å². The number of nitrogens with two attached hydrogens (primary N) is 1. The summed E-state index contributed by atoms with van der Waals surface area (Å²) in [5.74, 6) is -0.743. The standard InChI is InChI=1S/C21H24N2O3/c1-15-5-2-3-8-18(15)21(9-11-26-12-10-21)14-23-20(25)17-7-4-6-16(13-17)19(22)24/h2-8,13H,9-12,14H2,1H3,(H2,22,24)(H,23,25). The Balaban J connectivity index is 1.80. The minimum absolute atomic E-state index is 0.138. The van der Waals surface area contributed by atoms with Crippen LogP contribution in [0, 0.1) is 6.92 Å². The van der Waals surface area contributed by atoms with Crippen LogP contribution >= 0.6 is 0 Å². The SMILES string of the molecule is Cc1ccccc1C1(CNC(=O)c2cccc(C(N)=O)c2)CCOCC1. The van der Waals surface area contributed by atoms with E-state index in [1.165, 1.54) is 17.2 Å².